The van der Waals surface area contributed by atoms with Crippen molar-refractivity contribution in [2.24, 2.45) is 0 Å². The quantitative estimate of drug-likeness (QED) is 0.899. The fraction of sp³-hybridized carbons (Fsp3) is 0.600. The molecule has 102 valence electrons. The van der Waals surface area contributed by atoms with E-state index in [4.69, 9.17) is 0 Å². The molecule has 4 nitrogen and oxygen atoms in total. The van der Waals surface area contributed by atoms with Crippen LogP contribution in [-0.4, -0.2) is 30.7 Å². The molecule has 1 saturated heterocycles. The zero-order chi connectivity index (χ0) is 13.8. The largest absolute Gasteiger partial charge is 0.351 e. The molecule has 0 aromatic carbocycles. The molecule has 1 aliphatic heterocycles. The molecule has 1 aliphatic rings. The van der Waals surface area contributed by atoms with Crippen LogP contribution in [0.2, 0.25) is 0 Å². The second-order valence-electron chi connectivity index (χ2n) is 5.23. The van der Waals surface area contributed by atoms with Gasteiger partial charge in [0.2, 0.25) is 0 Å². The summed E-state index contributed by atoms with van der Waals surface area (Å²) in [5.41, 5.74) is 2.74. The monoisotopic (exact) mass is 258 g/mol. The molecule has 4 heteroatoms. The predicted octanol–water partition coefficient (Wildman–Crippen LogP) is 2.15. The molecule has 1 aromatic rings. The smallest absolute Gasteiger partial charge is 0.147 e. The Morgan fingerprint density at radius 2 is 2.32 bits per heavy atom. The molecular formula is C15H22N4. The molecule has 0 bridgehead atoms. The van der Waals surface area contributed by atoms with Gasteiger partial charge in [-0.3, -0.25) is 0 Å². The third-order valence-corrected chi connectivity index (χ3v) is 3.65. The van der Waals surface area contributed by atoms with Gasteiger partial charge >= 0.3 is 0 Å². The Kier molecular flexibility index (Phi) is 4.39. The maximum absolute atomic E-state index is 9.42. The van der Waals surface area contributed by atoms with Crippen molar-refractivity contribution in [1.82, 2.24) is 10.3 Å². The molecule has 1 aromatic heterocycles. The van der Waals surface area contributed by atoms with Crippen molar-refractivity contribution in [3.63, 3.8) is 0 Å². The number of anilines is 1. The van der Waals surface area contributed by atoms with E-state index in [9.17, 15) is 5.26 Å². The lowest BCUT2D eigenvalue weighted by molar-refractivity contribution is 0.616. The SMILES string of the molecule is CCCN(c1nc(C)cc(C)c1C#N)C1CCNC1. The zero-order valence-electron chi connectivity index (χ0n) is 12.0. The molecule has 1 N–H and O–H groups in total. The van der Waals surface area contributed by atoms with Crippen molar-refractivity contribution < 1.29 is 0 Å². The second-order valence-corrected chi connectivity index (χ2v) is 5.23. The summed E-state index contributed by atoms with van der Waals surface area (Å²) in [6.07, 6.45) is 2.19. The summed E-state index contributed by atoms with van der Waals surface area (Å²) in [5, 5.41) is 12.8. The number of nitrogens with one attached hydrogen (secondary N) is 1. The average Bonchev–Trinajstić information content (AvgIpc) is 2.88. The van der Waals surface area contributed by atoms with E-state index < -0.39 is 0 Å². The molecule has 0 spiro atoms. The van der Waals surface area contributed by atoms with Crippen molar-refractivity contribution in [3.05, 3.63) is 22.9 Å². The van der Waals surface area contributed by atoms with Gasteiger partial charge in [0.05, 0.1) is 5.56 Å². The highest BCUT2D eigenvalue weighted by atomic mass is 15.2. The minimum absolute atomic E-state index is 0.459. The van der Waals surface area contributed by atoms with Crippen LogP contribution in [0.3, 0.4) is 0 Å². The van der Waals surface area contributed by atoms with E-state index >= 15 is 0 Å². The summed E-state index contributed by atoms with van der Waals surface area (Å²) in [7, 11) is 0. The molecule has 0 aliphatic carbocycles. The Balaban J connectivity index is 2.43. The maximum atomic E-state index is 9.42. The number of pyridine rings is 1. The van der Waals surface area contributed by atoms with Crippen LogP contribution in [0.25, 0.3) is 0 Å². The summed E-state index contributed by atoms with van der Waals surface area (Å²) < 4.78 is 0. The standard InChI is InChI=1S/C15H22N4/c1-4-7-19(13-5-6-17-10-13)15-14(9-16)11(2)8-12(3)18-15/h8,13,17H,4-7,10H2,1-3H3. The van der Waals surface area contributed by atoms with Crippen LogP contribution in [0, 0.1) is 25.2 Å². The Morgan fingerprint density at radius 1 is 1.53 bits per heavy atom. The molecule has 1 fully saturated rings. The van der Waals surface area contributed by atoms with Gasteiger partial charge in [-0.2, -0.15) is 5.26 Å². The van der Waals surface area contributed by atoms with Gasteiger partial charge in [0.15, 0.2) is 0 Å². The Labute approximate surface area is 115 Å². The number of rotatable bonds is 4. The van der Waals surface area contributed by atoms with E-state index in [0.717, 1.165) is 55.1 Å². The van der Waals surface area contributed by atoms with Crippen LogP contribution in [0.1, 0.15) is 36.6 Å². The van der Waals surface area contributed by atoms with E-state index in [2.05, 4.69) is 28.2 Å². The van der Waals surface area contributed by atoms with E-state index in [1.165, 1.54) is 0 Å². The number of aromatic nitrogens is 1. The van der Waals surface area contributed by atoms with Crippen molar-refractivity contribution in [2.75, 3.05) is 24.5 Å². The van der Waals surface area contributed by atoms with Gasteiger partial charge in [-0.15, -0.1) is 0 Å². The lowest BCUT2D eigenvalue weighted by Crippen LogP contribution is -2.38. The fourth-order valence-corrected chi connectivity index (χ4v) is 2.77. The van der Waals surface area contributed by atoms with Crippen molar-refractivity contribution in [3.8, 4) is 6.07 Å². The predicted molar refractivity (Wildman–Crippen MR) is 77.3 cm³/mol. The molecule has 1 unspecified atom stereocenters. The zero-order valence-corrected chi connectivity index (χ0v) is 12.0. The molecule has 19 heavy (non-hydrogen) atoms. The van der Waals surface area contributed by atoms with Crippen LogP contribution in [0.5, 0.6) is 0 Å². The Bertz CT molecular complexity index is 484. The summed E-state index contributed by atoms with van der Waals surface area (Å²) in [6, 6.07) is 4.77. The molecule has 2 heterocycles. The van der Waals surface area contributed by atoms with Crippen LogP contribution >= 0.6 is 0 Å². The van der Waals surface area contributed by atoms with Gasteiger partial charge in [0, 0.05) is 24.8 Å². The molecule has 0 amide bonds. The van der Waals surface area contributed by atoms with Crippen LogP contribution in [0.15, 0.2) is 6.07 Å². The van der Waals surface area contributed by atoms with Crippen LogP contribution < -0.4 is 10.2 Å². The van der Waals surface area contributed by atoms with Gasteiger partial charge < -0.3 is 10.2 Å². The normalized spacial score (nSPS) is 18.3. The average molecular weight is 258 g/mol. The summed E-state index contributed by atoms with van der Waals surface area (Å²) in [4.78, 5) is 6.96. The Hall–Kier alpha value is -1.60. The fourth-order valence-electron chi connectivity index (χ4n) is 2.77. The lowest BCUT2D eigenvalue weighted by Gasteiger charge is -2.30. The highest BCUT2D eigenvalue weighted by molar-refractivity contribution is 5.58. The van der Waals surface area contributed by atoms with Crippen molar-refractivity contribution in [1.29, 1.82) is 5.26 Å². The van der Waals surface area contributed by atoms with E-state index in [-0.39, 0.29) is 0 Å². The maximum Gasteiger partial charge on any atom is 0.147 e. The summed E-state index contributed by atoms with van der Waals surface area (Å²) >= 11 is 0. The highest BCUT2D eigenvalue weighted by Gasteiger charge is 2.25. The van der Waals surface area contributed by atoms with Gasteiger partial charge in [-0.05, 0) is 44.9 Å². The van der Waals surface area contributed by atoms with E-state index in [1.807, 2.05) is 19.9 Å². The molecule has 0 saturated carbocycles. The topological polar surface area (TPSA) is 52.0 Å². The minimum atomic E-state index is 0.459. The van der Waals surface area contributed by atoms with Gasteiger partial charge in [0.25, 0.3) is 0 Å². The first-order chi connectivity index (χ1) is 9.17. The lowest BCUT2D eigenvalue weighted by atomic mass is 10.1. The van der Waals surface area contributed by atoms with Gasteiger partial charge in [-0.1, -0.05) is 6.92 Å². The number of hydrogen-bond acceptors (Lipinski definition) is 4. The third kappa shape index (κ3) is 2.87. The molecule has 1 atom stereocenters. The number of hydrogen-bond donors (Lipinski definition) is 1. The Morgan fingerprint density at radius 3 is 2.89 bits per heavy atom. The molecule has 0 radical (unpaired) electrons. The van der Waals surface area contributed by atoms with Gasteiger partial charge in [-0.25, -0.2) is 4.98 Å². The van der Waals surface area contributed by atoms with Crippen molar-refractivity contribution >= 4 is 5.82 Å². The first-order valence-electron chi connectivity index (χ1n) is 7.03. The summed E-state index contributed by atoms with van der Waals surface area (Å²) in [6.45, 7) is 9.15. The number of nitrogens with zero attached hydrogens (tertiary/aromatic N) is 3. The first-order valence-corrected chi connectivity index (χ1v) is 7.03. The second kappa shape index (κ2) is 6.03. The van der Waals surface area contributed by atoms with E-state index in [1.54, 1.807) is 0 Å². The number of aryl methyl sites for hydroxylation is 2. The number of nitriles is 1. The minimum Gasteiger partial charge on any atom is -0.351 e. The van der Waals surface area contributed by atoms with Gasteiger partial charge in [0.1, 0.15) is 11.9 Å². The first kappa shape index (κ1) is 13.8. The summed E-state index contributed by atoms with van der Waals surface area (Å²) in [5.74, 6) is 0.871. The van der Waals surface area contributed by atoms with E-state index in [0.29, 0.717) is 6.04 Å². The van der Waals surface area contributed by atoms with Crippen LogP contribution in [-0.2, 0) is 0 Å². The highest BCUT2D eigenvalue weighted by Crippen LogP contribution is 2.25. The van der Waals surface area contributed by atoms with Crippen LogP contribution in [0.4, 0.5) is 5.82 Å². The third-order valence-electron chi connectivity index (χ3n) is 3.65. The molecular weight excluding hydrogens is 236 g/mol. The molecule has 2 rings (SSSR count). The van der Waals surface area contributed by atoms with Crippen molar-refractivity contribution in [2.45, 2.75) is 39.7 Å².